The quantitative estimate of drug-likeness (QED) is 0.0261. The third-order valence-corrected chi connectivity index (χ3v) is 15.5. The number of unbranched alkanes of at least 4 members (excludes halogenated alkanes) is 43. The summed E-state index contributed by atoms with van der Waals surface area (Å²) in [6.45, 7) is 6.58. The molecule has 0 aromatic carbocycles. The monoisotopic (exact) mass is 1110 g/mol. The van der Waals surface area contributed by atoms with Crippen molar-refractivity contribution in [2.45, 2.75) is 374 Å². The number of hydrogen-bond donors (Lipinski definition) is 0. The summed E-state index contributed by atoms with van der Waals surface area (Å²) in [5, 5.41) is 0. The zero-order valence-electron chi connectivity index (χ0n) is 52.9. The van der Waals surface area contributed by atoms with E-state index in [4.69, 9.17) is 14.2 Å². The van der Waals surface area contributed by atoms with Gasteiger partial charge >= 0.3 is 17.9 Å². The van der Waals surface area contributed by atoms with Crippen LogP contribution in [0.5, 0.6) is 0 Å². The van der Waals surface area contributed by atoms with Crippen molar-refractivity contribution >= 4 is 17.9 Å². The number of rotatable bonds is 64. The second-order valence-electron chi connectivity index (χ2n) is 23.4. The van der Waals surface area contributed by atoms with E-state index >= 15 is 0 Å². The van der Waals surface area contributed by atoms with E-state index in [1.165, 1.54) is 231 Å². The van der Waals surface area contributed by atoms with Crippen LogP contribution in [0, 0.1) is 0 Å². The van der Waals surface area contributed by atoms with Crippen LogP contribution in [0.2, 0.25) is 0 Å². The first-order chi connectivity index (χ1) is 39.0. The smallest absolute Gasteiger partial charge is 0.306 e. The van der Waals surface area contributed by atoms with Gasteiger partial charge in [0.25, 0.3) is 0 Å². The molecule has 0 heterocycles. The van der Waals surface area contributed by atoms with Crippen LogP contribution in [0.25, 0.3) is 0 Å². The zero-order valence-corrected chi connectivity index (χ0v) is 52.9. The lowest BCUT2D eigenvalue weighted by atomic mass is 10.0. The Bertz CT molecular complexity index is 1410. The Kier molecular flexibility index (Phi) is 65.1. The van der Waals surface area contributed by atoms with Crippen molar-refractivity contribution in [3.05, 3.63) is 60.8 Å². The number of carbonyl (C=O) groups excluding carboxylic acids is 3. The van der Waals surface area contributed by atoms with E-state index < -0.39 is 6.10 Å². The Balaban J connectivity index is 4.30. The molecule has 0 spiro atoms. The second-order valence-corrected chi connectivity index (χ2v) is 23.4. The fourth-order valence-electron chi connectivity index (χ4n) is 10.4. The van der Waals surface area contributed by atoms with E-state index in [2.05, 4.69) is 81.5 Å². The third kappa shape index (κ3) is 65.8. The summed E-state index contributed by atoms with van der Waals surface area (Å²) in [5.74, 6) is -0.859. The molecule has 0 rings (SSSR count). The molecule has 0 saturated carbocycles. The topological polar surface area (TPSA) is 78.9 Å². The number of hydrogen-bond acceptors (Lipinski definition) is 6. The van der Waals surface area contributed by atoms with Crippen LogP contribution in [0.15, 0.2) is 60.8 Å². The van der Waals surface area contributed by atoms with Crippen molar-refractivity contribution in [3.63, 3.8) is 0 Å². The third-order valence-electron chi connectivity index (χ3n) is 15.5. The Morgan fingerprint density at radius 2 is 0.494 bits per heavy atom. The number of allylic oxidation sites excluding steroid dienone is 10. The molecule has 79 heavy (non-hydrogen) atoms. The summed E-state index contributed by atoms with van der Waals surface area (Å²) >= 11 is 0. The molecule has 0 amide bonds. The number of esters is 3. The van der Waals surface area contributed by atoms with Crippen LogP contribution in [0.4, 0.5) is 0 Å². The predicted molar refractivity (Wildman–Crippen MR) is 344 cm³/mol. The highest BCUT2D eigenvalue weighted by Gasteiger charge is 2.19. The number of ether oxygens (including phenoxy) is 3. The Morgan fingerprint density at radius 1 is 0.266 bits per heavy atom. The van der Waals surface area contributed by atoms with Gasteiger partial charge < -0.3 is 14.2 Å². The maximum Gasteiger partial charge on any atom is 0.306 e. The molecule has 6 nitrogen and oxygen atoms in total. The van der Waals surface area contributed by atoms with Gasteiger partial charge in [-0.2, -0.15) is 0 Å². The molecule has 0 saturated heterocycles. The molecular formula is C73H132O6. The average molecular weight is 1110 g/mol. The van der Waals surface area contributed by atoms with Crippen LogP contribution in [-0.2, 0) is 28.6 Å². The zero-order chi connectivity index (χ0) is 57.1. The highest BCUT2D eigenvalue weighted by molar-refractivity contribution is 5.71. The molecule has 0 aromatic heterocycles. The molecule has 0 N–H and O–H groups in total. The molecule has 0 radical (unpaired) electrons. The SMILES string of the molecule is CC/C=C\C/C=C\C/C=C\C/C=C\C/C=C\CCCCCCCCCC(=O)OC(COC(=O)CCCCCCCCCCCCCCCC)COC(=O)CCCCCCCCCCCCCCCCCCCCCCCCCC. The molecule has 1 unspecified atom stereocenters. The van der Waals surface area contributed by atoms with E-state index in [0.717, 1.165) is 96.3 Å². The standard InChI is InChI=1S/C73H132O6/c1-4-7-10-13-16-19-22-25-28-30-32-34-36-38-39-41-43-45-48-51-54-57-60-63-66-72(75)78-69-70(68-77-71(74)65-62-59-56-53-50-47-27-24-21-18-15-12-9-6-3)79-73(76)67-64-61-58-55-52-49-46-44-42-40-37-35-33-31-29-26-23-20-17-14-11-8-5-2/h8,11,17,20,26,29,33,35,40,42,70H,4-7,9-10,12-16,18-19,21-25,27-28,30-32,34,36-39,41,43-69H2,1-3H3/b11-8-,20-17-,29-26-,35-33-,42-40-. The van der Waals surface area contributed by atoms with Gasteiger partial charge in [0, 0.05) is 19.3 Å². The first-order valence-electron chi connectivity index (χ1n) is 34.8. The van der Waals surface area contributed by atoms with Crippen molar-refractivity contribution in [2.24, 2.45) is 0 Å². The maximum atomic E-state index is 12.9. The van der Waals surface area contributed by atoms with Crippen molar-refractivity contribution in [1.29, 1.82) is 0 Å². The minimum absolute atomic E-state index is 0.0737. The van der Waals surface area contributed by atoms with Crippen LogP contribution in [0.3, 0.4) is 0 Å². The van der Waals surface area contributed by atoms with E-state index in [9.17, 15) is 14.4 Å². The summed E-state index contributed by atoms with van der Waals surface area (Å²) in [6.07, 6.45) is 86.7. The highest BCUT2D eigenvalue weighted by atomic mass is 16.6. The molecule has 0 aliphatic rings. The molecule has 0 aromatic rings. The summed E-state index contributed by atoms with van der Waals surface area (Å²) < 4.78 is 17.0. The Morgan fingerprint density at radius 3 is 0.772 bits per heavy atom. The fraction of sp³-hybridized carbons (Fsp3) is 0.822. The first kappa shape index (κ1) is 76.1. The average Bonchev–Trinajstić information content (AvgIpc) is 3.45. The predicted octanol–water partition coefficient (Wildman–Crippen LogP) is 23.9. The van der Waals surface area contributed by atoms with Gasteiger partial charge in [0.1, 0.15) is 13.2 Å². The lowest BCUT2D eigenvalue weighted by Gasteiger charge is -2.18. The Hall–Kier alpha value is -2.89. The van der Waals surface area contributed by atoms with Crippen LogP contribution >= 0.6 is 0 Å². The van der Waals surface area contributed by atoms with E-state index in [1.807, 2.05) is 0 Å². The van der Waals surface area contributed by atoms with Crippen LogP contribution in [-0.4, -0.2) is 37.2 Å². The normalized spacial score (nSPS) is 12.4. The van der Waals surface area contributed by atoms with Gasteiger partial charge in [-0.25, -0.2) is 0 Å². The van der Waals surface area contributed by atoms with Gasteiger partial charge in [-0.05, 0) is 64.2 Å². The van der Waals surface area contributed by atoms with Crippen LogP contribution in [0.1, 0.15) is 367 Å². The first-order valence-corrected chi connectivity index (χ1v) is 34.8. The van der Waals surface area contributed by atoms with Crippen molar-refractivity contribution in [1.82, 2.24) is 0 Å². The fourth-order valence-corrected chi connectivity index (χ4v) is 10.4. The largest absolute Gasteiger partial charge is 0.462 e. The molecular weight excluding hydrogens is 973 g/mol. The van der Waals surface area contributed by atoms with E-state index in [0.29, 0.717) is 19.3 Å². The Labute approximate surface area is 491 Å². The van der Waals surface area contributed by atoms with E-state index in [1.54, 1.807) is 0 Å². The van der Waals surface area contributed by atoms with Gasteiger partial charge in [0.05, 0.1) is 0 Å². The maximum absolute atomic E-state index is 12.9. The van der Waals surface area contributed by atoms with Crippen molar-refractivity contribution in [2.75, 3.05) is 13.2 Å². The minimum Gasteiger partial charge on any atom is -0.462 e. The molecule has 0 bridgehead atoms. The van der Waals surface area contributed by atoms with Gasteiger partial charge in [-0.1, -0.05) is 345 Å². The molecule has 0 fully saturated rings. The molecule has 460 valence electrons. The van der Waals surface area contributed by atoms with Gasteiger partial charge in [-0.15, -0.1) is 0 Å². The van der Waals surface area contributed by atoms with Crippen molar-refractivity contribution < 1.29 is 28.6 Å². The lowest BCUT2D eigenvalue weighted by Crippen LogP contribution is -2.30. The van der Waals surface area contributed by atoms with E-state index in [-0.39, 0.29) is 31.1 Å². The summed E-state index contributed by atoms with van der Waals surface area (Å²) in [6, 6.07) is 0. The number of carbonyl (C=O) groups is 3. The molecule has 1 atom stereocenters. The van der Waals surface area contributed by atoms with Gasteiger partial charge in [0.2, 0.25) is 0 Å². The highest BCUT2D eigenvalue weighted by Crippen LogP contribution is 2.18. The van der Waals surface area contributed by atoms with Gasteiger partial charge in [0.15, 0.2) is 6.10 Å². The minimum atomic E-state index is -0.779. The second kappa shape index (κ2) is 67.6. The van der Waals surface area contributed by atoms with Crippen molar-refractivity contribution in [3.8, 4) is 0 Å². The van der Waals surface area contributed by atoms with Gasteiger partial charge in [-0.3, -0.25) is 14.4 Å². The molecule has 6 heteroatoms. The summed E-state index contributed by atoms with van der Waals surface area (Å²) in [7, 11) is 0. The molecule has 0 aliphatic heterocycles. The lowest BCUT2D eigenvalue weighted by molar-refractivity contribution is -0.167. The summed E-state index contributed by atoms with van der Waals surface area (Å²) in [4.78, 5) is 38.4. The summed E-state index contributed by atoms with van der Waals surface area (Å²) in [5.41, 5.74) is 0. The molecule has 0 aliphatic carbocycles. The van der Waals surface area contributed by atoms with Crippen LogP contribution < -0.4 is 0 Å².